The zero-order chi connectivity index (χ0) is 13.6. The highest BCUT2D eigenvalue weighted by Gasteiger charge is 2.43. The third-order valence-corrected chi connectivity index (χ3v) is 2.76. The number of anilines is 1. The third kappa shape index (κ3) is 1.69. The van der Waals surface area contributed by atoms with Crippen LogP contribution in [0.25, 0.3) is 10.9 Å². The van der Waals surface area contributed by atoms with Crippen molar-refractivity contribution in [1.82, 2.24) is 4.98 Å². The lowest BCUT2D eigenvalue weighted by Crippen LogP contribution is -2.25. The zero-order valence-corrected chi connectivity index (χ0v) is 9.70. The van der Waals surface area contributed by atoms with E-state index in [-0.39, 0.29) is 11.5 Å². The summed E-state index contributed by atoms with van der Waals surface area (Å²) in [5, 5.41) is 12.3. The van der Waals surface area contributed by atoms with Crippen molar-refractivity contribution < 1.29 is 18.3 Å². The Balaban J connectivity index is 2.28. The van der Waals surface area contributed by atoms with Crippen LogP contribution in [0.4, 0.5) is 14.5 Å². The highest BCUT2D eigenvalue weighted by Crippen LogP contribution is 2.44. The van der Waals surface area contributed by atoms with Crippen molar-refractivity contribution in [2.75, 3.05) is 12.4 Å². The Kier molecular flexibility index (Phi) is 2.22. The van der Waals surface area contributed by atoms with Crippen molar-refractivity contribution >= 4 is 16.6 Å². The summed E-state index contributed by atoms with van der Waals surface area (Å²) in [6, 6.07) is 4.71. The first-order valence-corrected chi connectivity index (χ1v) is 5.34. The minimum Gasteiger partial charge on any atom is -0.395 e. The maximum absolute atomic E-state index is 13.0. The second kappa shape index (κ2) is 3.68. The second-order valence-corrected chi connectivity index (χ2v) is 3.89. The molecule has 19 heavy (non-hydrogen) atoms. The van der Waals surface area contributed by atoms with Gasteiger partial charge in [-0.15, -0.1) is 8.78 Å². The number of hydrogen-bond acceptors (Lipinski definition) is 5. The molecule has 1 aliphatic heterocycles. The van der Waals surface area contributed by atoms with Gasteiger partial charge in [-0.05, 0) is 6.07 Å². The zero-order valence-electron chi connectivity index (χ0n) is 9.70. The Morgan fingerprint density at radius 1 is 1.32 bits per heavy atom. The Labute approximate surface area is 106 Å². The summed E-state index contributed by atoms with van der Waals surface area (Å²) in [7, 11) is 1.63. The van der Waals surface area contributed by atoms with Crippen LogP contribution < -0.4 is 14.8 Å². The predicted octanol–water partition coefficient (Wildman–Crippen LogP) is 2.47. The molecule has 0 radical (unpaired) electrons. The number of benzene rings is 1. The van der Waals surface area contributed by atoms with E-state index in [0.717, 1.165) is 0 Å². The molecule has 3 rings (SSSR count). The molecule has 1 aromatic heterocycles. The number of fused-ring (bicyclic) bond motifs is 2. The van der Waals surface area contributed by atoms with Gasteiger partial charge >= 0.3 is 6.29 Å². The molecule has 0 atom stereocenters. The van der Waals surface area contributed by atoms with E-state index in [9.17, 15) is 8.78 Å². The summed E-state index contributed by atoms with van der Waals surface area (Å²) < 4.78 is 34.7. The number of rotatable bonds is 1. The van der Waals surface area contributed by atoms with Crippen LogP contribution in [-0.2, 0) is 0 Å². The number of ether oxygens (including phenoxy) is 2. The summed E-state index contributed by atoms with van der Waals surface area (Å²) >= 11 is 0. The van der Waals surface area contributed by atoms with Crippen molar-refractivity contribution in [3.05, 3.63) is 23.9 Å². The van der Waals surface area contributed by atoms with Gasteiger partial charge in [-0.25, -0.2) is 0 Å². The maximum Gasteiger partial charge on any atom is 0.586 e. The topological polar surface area (TPSA) is 67.2 Å². The minimum absolute atomic E-state index is 0.0724. The van der Waals surface area contributed by atoms with Gasteiger partial charge in [0.25, 0.3) is 0 Å². The van der Waals surface area contributed by atoms with Gasteiger partial charge in [-0.2, -0.15) is 5.26 Å². The molecule has 0 spiro atoms. The largest absolute Gasteiger partial charge is 0.586 e. The van der Waals surface area contributed by atoms with Crippen molar-refractivity contribution in [3.8, 4) is 17.6 Å². The van der Waals surface area contributed by atoms with E-state index < -0.39 is 6.29 Å². The van der Waals surface area contributed by atoms with Crippen LogP contribution in [-0.4, -0.2) is 18.3 Å². The standard InChI is InChI=1S/C12H7F2N3O2/c1-16-11-6(4-15)5-17-8-3-10-9(2-7(8)11)18-12(13,14)19-10/h2-3,5H,1H3,(H,16,17). The molecule has 96 valence electrons. The van der Waals surface area contributed by atoms with Crippen LogP contribution in [0.3, 0.4) is 0 Å². The fourth-order valence-electron chi connectivity index (χ4n) is 1.99. The van der Waals surface area contributed by atoms with Gasteiger partial charge in [0.1, 0.15) is 6.07 Å². The van der Waals surface area contributed by atoms with Gasteiger partial charge in [-0.1, -0.05) is 0 Å². The van der Waals surface area contributed by atoms with Crippen LogP contribution in [0.1, 0.15) is 5.56 Å². The van der Waals surface area contributed by atoms with Crippen LogP contribution in [0, 0.1) is 11.3 Å². The summed E-state index contributed by atoms with van der Waals surface area (Å²) in [4.78, 5) is 4.04. The maximum atomic E-state index is 13.0. The lowest BCUT2D eigenvalue weighted by atomic mass is 10.1. The van der Waals surface area contributed by atoms with Crippen molar-refractivity contribution in [2.24, 2.45) is 0 Å². The first-order chi connectivity index (χ1) is 9.04. The summed E-state index contributed by atoms with van der Waals surface area (Å²) in [6.45, 7) is 0. The molecule has 0 aliphatic carbocycles. The molecule has 2 aromatic rings. The van der Waals surface area contributed by atoms with Gasteiger partial charge in [0.2, 0.25) is 0 Å². The molecule has 7 heteroatoms. The summed E-state index contributed by atoms with van der Waals surface area (Å²) in [6.07, 6.45) is -2.30. The number of alkyl halides is 2. The van der Waals surface area contributed by atoms with E-state index >= 15 is 0 Å². The van der Waals surface area contributed by atoms with Crippen molar-refractivity contribution in [3.63, 3.8) is 0 Å². The molecule has 0 bridgehead atoms. The highest BCUT2D eigenvalue weighted by atomic mass is 19.3. The number of nitrogens with one attached hydrogen (secondary N) is 1. The summed E-state index contributed by atoms with van der Waals surface area (Å²) in [5.41, 5.74) is 1.26. The molecular formula is C12H7F2N3O2. The third-order valence-electron chi connectivity index (χ3n) is 2.76. The Bertz CT molecular complexity index is 725. The molecular weight excluding hydrogens is 256 g/mol. The normalized spacial score (nSPS) is 15.3. The monoisotopic (exact) mass is 263 g/mol. The number of nitriles is 1. The number of halogens is 2. The fourth-order valence-corrected chi connectivity index (χ4v) is 1.99. The minimum atomic E-state index is -3.67. The Morgan fingerprint density at radius 3 is 2.63 bits per heavy atom. The first kappa shape index (κ1) is 11.5. The van der Waals surface area contributed by atoms with E-state index in [1.807, 2.05) is 6.07 Å². The lowest BCUT2D eigenvalue weighted by molar-refractivity contribution is -0.286. The van der Waals surface area contributed by atoms with Crippen LogP contribution in [0.2, 0.25) is 0 Å². The molecule has 1 aliphatic rings. The first-order valence-electron chi connectivity index (χ1n) is 5.34. The molecule has 0 amide bonds. The van der Waals surface area contributed by atoms with Crippen molar-refractivity contribution in [2.45, 2.75) is 6.29 Å². The predicted molar refractivity (Wildman–Crippen MR) is 62.2 cm³/mol. The van der Waals surface area contributed by atoms with Crippen LogP contribution in [0.15, 0.2) is 18.3 Å². The Morgan fingerprint density at radius 2 is 2.00 bits per heavy atom. The van der Waals surface area contributed by atoms with Gasteiger partial charge in [0.05, 0.1) is 16.8 Å². The van der Waals surface area contributed by atoms with Crippen LogP contribution in [0.5, 0.6) is 11.5 Å². The van der Waals surface area contributed by atoms with E-state index in [1.165, 1.54) is 18.3 Å². The van der Waals surface area contributed by atoms with Gasteiger partial charge in [0, 0.05) is 24.7 Å². The summed E-state index contributed by atoms with van der Waals surface area (Å²) in [5.74, 6) is -0.150. The lowest BCUT2D eigenvalue weighted by Gasteiger charge is -2.07. The number of nitrogens with zero attached hydrogens (tertiary/aromatic N) is 2. The molecule has 0 unspecified atom stereocenters. The average molecular weight is 263 g/mol. The fraction of sp³-hybridized carbons (Fsp3) is 0.167. The van der Waals surface area contributed by atoms with Crippen LogP contribution >= 0.6 is 0 Å². The van der Waals surface area contributed by atoms with E-state index in [2.05, 4.69) is 19.8 Å². The van der Waals surface area contributed by atoms with E-state index in [4.69, 9.17) is 5.26 Å². The molecule has 0 fully saturated rings. The number of aromatic nitrogens is 1. The number of hydrogen-bond donors (Lipinski definition) is 1. The quantitative estimate of drug-likeness (QED) is 0.856. The molecule has 5 nitrogen and oxygen atoms in total. The van der Waals surface area contributed by atoms with E-state index in [0.29, 0.717) is 22.2 Å². The SMILES string of the molecule is CNc1c(C#N)cnc2cc3c(cc12)OC(F)(F)O3. The second-order valence-electron chi connectivity index (χ2n) is 3.89. The molecule has 0 saturated heterocycles. The smallest absolute Gasteiger partial charge is 0.395 e. The van der Waals surface area contributed by atoms with Gasteiger partial charge < -0.3 is 14.8 Å². The number of pyridine rings is 1. The van der Waals surface area contributed by atoms with Gasteiger partial charge in [-0.3, -0.25) is 4.98 Å². The average Bonchev–Trinajstić information content (AvgIpc) is 2.67. The molecule has 0 saturated carbocycles. The highest BCUT2D eigenvalue weighted by molar-refractivity contribution is 5.96. The van der Waals surface area contributed by atoms with Gasteiger partial charge in [0.15, 0.2) is 11.5 Å². The molecule has 1 N–H and O–H groups in total. The molecule has 2 heterocycles. The Hall–Kier alpha value is -2.62. The van der Waals surface area contributed by atoms with E-state index in [1.54, 1.807) is 7.05 Å². The molecule has 1 aromatic carbocycles. The van der Waals surface area contributed by atoms with Crippen molar-refractivity contribution in [1.29, 1.82) is 5.26 Å².